The van der Waals surface area contributed by atoms with Gasteiger partial charge in [0.2, 0.25) is 0 Å². The van der Waals surface area contributed by atoms with Crippen LogP contribution < -0.4 is 5.73 Å². The lowest BCUT2D eigenvalue weighted by atomic mass is 9.87. The van der Waals surface area contributed by atoms with Crippen molar-refractivity contribution in [2.45, 2.75) is 38.3 Å². The van der Waals surface area contributed by atoms with Gasteiger partial charge in [0.05, 0.1) is 6.61 Å². The minimum atomic E-state index is 0. The summed E-state index contributed by atoms with van der Waals surface area (Å²) in [6, 6.07) is 4.42. The van der Waals surface area contributed by atoms with Gasteiger partial charge in [-0.1, -0.05) is 0 Å². The Bertz CT molecular complexity index is 303. The third-order valence-electron chi connectivity index (χ3n) is 3.26. The van der Waals surface area contributed by atoms with E-state index in [0.29, 0.717) is 18.6 Å². The molecule has 0 unspecified atom stereocenters. The van der Waals surface area contributed by atoms with E-state index in [1.807, 2.05) is 12.1 Å². The van der Waals surface area contributed by atoms with Crippen molar-refractivity contribution in [1.29, 1.82) is 0 Å². The lowest BCUT2D eigenvalue weighted by Crippen LogP contribution is -2.28. The predicted molar refractivity (Wildman–Crippen MR) is 78.3 cm³/mol. The van der Waals surface area contributed by atoms with E-state index in [9.17, 15) is 0 Å². The summed E-state index contributed by atoms with van der Waals surface area (Å²) >= 11 is 0. The van der Waals surface area contributed by atoms with Crippen LogP contribution in [0.15, 0.2) is 24.5 Å². The molecule has 1 aromatic heterocycles. The number of aromatic nitrogens is 1. The number of ether oxygens (including phenoxy) is 1. The number of rotatable bonds is 4. The Morgan fingerprint density at radius 2 is 1.72 bits per heavy atom. The molecule has 18 heavy (non-hydrogen) atoms. The standard InChI is InChI=1S/C13H20N2O.2ClH/c14-13-3-1-11(2-4-13)9-16-10-12-5-7-15-8-6-12;;/h5-8,11,13H,1-4,9-10,14H2;2*1H. The number of nitrogens with zero attached hydrogens (tertiary/aromatic N) is 1. The van der Waals surface area contributed by atoms with Crippen LogP contribution in [-0.4, -0.2) is 17.6 Å². The molecule has 0 radical (unpaired) electrons. The van der Waals surface area contributed by atoms with Gasteiger partial charge in [-0.2, -0.15) is 0 Å². The molecule has 1 aliphatic carbocycles. The van der Waals surface area contributed by atoms with Crippen LogP contribution in [0, 0.1) is 5.92 Å². The van der Waals surface area contributed by atoms with Crippen LogP contribution in [0.4, 0.5) is 0 Å². The van der Waals surface area contributed by atoms with Crippen LogP contribution in [-0.2, 0) is 11.3 Å². The second kappa shape index (κ2) is 9.56. The SMILES string of the molecule is Cl.Cl.NC1CCC(COCc2ccncc2)CC1. The third-order valence-corrected chi connectivity index (χ3v) is 3.26. The monoisotopic (exact) mass is 292 g/mol. The summed E-state index contributed by atoms with van der Waals surface area (Å²) in [4.78, 5) is 3.98. The van der Waals surface area contributed by atoms with Crippen molar-refractivity contribution in [3.05, 3.63) is 30.1 Å². The van der Waals surface area contributed by atoms with Crippen molar-refractivity contribution < 1.29 is 4.74 Å². The van der Waals surface area contributed by atoms with Crippen molar-refractivity contribution in [2.24, 2.45) is 11.7 Å². The normalized spacial score (nSPS) is 22.7. The molecule has 3 nitrogen and oxygen atoms in total. The van der Waals surface area contributed by atoms with E-state index in [2.05, 4.69) is 4.98 Å². The van der Waals surface area contributed by atoms with Gasteiger partial charge >= 0.3 is 0 Å². The molecule has 2 N–H and O–H groups in total. The zero-order chi connectivity index (χ0) is 11.2. The minimum absolute atomic E-state index is 0. The second-order valence-corrected chi connectivity index (χ2v) is 4.65. The lowest BCUT2D eigenvalue weighted by molar-refractivity contribution is 0.0718. The summed E-state index contributed by atoms with van der Waals surface area (Å²) in [5, 5.41) is 0. The van der Waals surface area contributed by atoms with Crippen LogP contribution in [0.25, 0.3) is 0 Å². The smallest absolute Gasteiger partial charge is 0.0718 e. The molecule has 0 bridgehead atoms. The average molecular weight is 293 g/mol. The molecule has 104 valence electrons. The van der Waals surface area contributed by atoms with Crippen LogP contribution in [0.3, 0.4) is 0 Å². The Kier molecular flexibility index (Phi) is 9.38. The van der Waals surface area contributed by atoms with Crippen LogP contribution >= 0.6 is 24.8 Å². The van der Waals surface area contributed by atoms with Crippen molar-refractivity contribution in [1.82, 2.24) is 4.98 Å². The van der Waals surface area contributed by atoms with Gasteiger partial charge in [-0.25, -0.2) is 0 Å². The van der Waals surface area contributed by atoms with E-state index in [-0.39, 0.29) is 24.8 Å². The Labute approximate surface area is 121 Å². The van der Waals surface area contributed by atoms with E-state index < -0.39 is 0 Å². The molecule has 1 heterocycles. The molecule has 0 aliphatic heterocycles. The highest BCUT2D eigenvalue weighted by Gasteiger charge is 2.18. The molecule has 0 amide bonds. The summed E-state index contributed by atoms with van der Waals surface area (Å²) in [7, 11) is 0. The number of hydrogen-bond acceptors (Lipinski definition) is 3. The number of hydrogen-bond donors (Lipinski definition) is 1. The topological polar surface area (TPSA) is 48.1 Å². The maximum atomic E-state index is 5.87. The van der Waals surface area contributed by atoms with Gasteiger partial charge in [0, 0.05) is 25.0 Å². The zero-order valence-electron chi connectivity index (χ0n) is 10.5. The molecule has 0 aromatic carbocycles. The molecule has 0 atom stereocenters. The van der Waals surface area contributed by atoms with Crippen molar-refractivity contribution in [3.63, 3.8) is 0 Å². The van der Waals surface area contributed by atoms with Crippen molar-refractivity contribution in [2.75, 3.05) is 6.61 Å². The van der Waals surface area contributed by atoms with Gasteiger partial charge in [-0.05, 0) is 49.3 Å². The van der Waals surface area contributed by atoms with Crippen molar-refractivity contribution >= 4 is 24.8 Å². The highest BCUT2D eigenvalue weighted by Crippen LogP contribution is 2.23. The number of nitrogens with two attached hydrogens (primary N) is 1. The van der Waals surface area contributed by atoms with Gasteiger partial charge in [-0.3, -0.25) is 4.98 Å². The molecular formula is C13H22Cl2N2O. The second-order valence-electron chi connectivity index (χ2n) is 4.65. The molecule has 1 aromatic rings. The molecule has 2 rings (SSSR count). The average Bonchev–Trinajstić information content (AvgIpc) is 2.33. The Morgan fingerprint density at radius 3 is 2.33 bits per heavy atom. The summed E-state index contributed by atoms with van der Waals surface area (Å²) in [5.74, 6) is 0.710. The fraction of sp³-hybridized carbons (Fsp3) is 0.615. The first-order valence-corrected chi connectivity index (χ1v) is 6.07. The summed E-state index contributed by atoms with van der Waals surface area (Å²) in [6.07, 6.45) is 8.36. The fourth-order valence-electron chi connectivity index (χ4n) is 2.18. The third kappa shape index (κ3) is 6.01. The molecule has 1 saturated carbocycles. The molecule has 0 spiro atoms. The highest BCUT2D eigenvalue weighted by atomic mass is 35.5. The van der Waals surface area contributed by atoms with Gasteiger partial charge in [0.15, 0.2) is 0 Å². The van der Waals surface area contributed by atoms with Gasteiger partial charge in [0.25, 0.3) is 0 Å². The van der Waals surface area contributed by atoms with Gasteiger partial charge in [0.1, 0.15) is 0 Å². The zero-order valence-corrected chi connectivity index (χ0v) is 12.1. The predicted octanol–water partition coefficient (Wildman–Crippen LogP) is 2.96. The van der Waals surface area contributed by atoms with Crippen LogP contribution in [0.2, 0.25) is 0 Å². The quantitative estimate of drug-likeness (QED) is 0.928. The number of pyridine rings is 1. The van der Waals surface area contributed by atoms with E-state index in [1.165, 1.54) is 18.4 Å². The fourth-order valence-corrected chi connectivity index (χ4v) is 2.18. The van der Waals surface area contributed by atoms with E-state index in [0.717, 1.165) is 19.4 Å². The maximum absolute atomic E-state index is 5.87. The molecule has 1 fully saturated rings. The minimum Gasteiger partial charge on any atom is -0.376 e. The number of halogens is 2. The van der Waals surface area contributed by atoms with Gasteiger partial charge < -0.3 is 10.5 Å². The largest absolute Gasteiger partial charge is 0.376 e. The summed E-state index contributed by atoms with van der Waals surface area (Å²) < 4.78 is 5.73. The lowest BCUT2D eigenvalue weighted by Gasteiger charge is -2.25. The Balaban J connectivity index is 0.00000144. The molecular weight excluding hydrogens is 271 g/mol. The van der Waals surface area contributed by atoms with E-state index in [4.69, 9.17) is 10.5 Å². The van der Waals surface area contributed by atoms with Crippen LogP contribution in [0.5, 0.6) is 0 Å². The molecule has 5 heteroatoms. The van der Waals surface area contributed by atoms with E-state index in [1.54, 1.807) is 12.4 Å². The van der Waals surface area contributed by atoms with Crippen LogP contribution in [0.1, 0.15) is 31.2 Å². The first-order chi connectivity index (χ1) is 7.84. The maximum Gasteiger partial charge on any atom is 0.0718 e. The Morgan fingerprint density at radius 1 is 1.11 bits per heavy atom. The highest BCUT2D eigenvalue weighted by molar-refractivity contribution is 5.85. The molecule has 1 aliphatic rings. The first-order valence-electron chi connectivity index (χ1n) is 6.07. The van der Waals surface area contributed by atoms with E-state index >= 15 is 0 Å². The van der Waals surface area contributed by atoms with Gasteiger partial charge in [-0.15, -0.1) is 24.8 Å². The Hall–Kier alpha value is -0.350. The first kappa shape index (κ1) is 17.6. The molecule has 0 saturated heterocycles. The summed E-state index contributed by atoms with van der Waals surface area (Å²) in [5.41, 5.74) is 7.07. The summed E-state index contributed by atoms with van der Waals surface area (Å²) in [6.45, 7) is 1.57. The van der Waals surface area contributed by atoms with Crippen molar-refractivity contribution in [3.8, 4) is 0 Å².